The Labute approximate surface area is 185 Å². The summed E-state index contributed by atoms with van der Waals surface area (Å²) in [7, 11) is 0. The first-order valence-electron chi connectivity index (χ1n) is 10.7. The molecule has 0 spiro atoms. The monoisotopic (exact) mass is 448 g/mol. The van der Waals surface area contributed by atoms with Crippen molar-refractivity contribution in [1.82, 2.24) is 9.80 Å². The van der Waals surface area contributed by atoms with Gasteiger partial charge in [-0.25, -0.2) is 13.2 Å². The molecule has 0 bridgehead atoms. The van der Waals surface area contributed by atoms with Crippen molar-refractivity contribution in [3.63, 3.8) is 0 Å². The zero-order valence-corrected chi connectivity index (χ0v) is 18.3. The summed E-state index contributed by atoms with van der Waals surface area (Å²) in [6, 6.07) is 7.60. The number of benzene rings is 2. The van der Waals surface area contributed by atoms with Crippen molar-refractivity contribution in [1.29, 1.82) is 0 Å². The van der Waals surface area contributed by atoms with E-state index in [2.05, 4.69) is 0 Å². The number of amides is 2. The number of halogens is 3. The maximum absolute atomic E-state index is 14.0. The number of hydrogen-bond donors (Lipinski definition) is 0. The van der Waals surface area contributed by atoms with Crippen molar-refractivity contribution >= 4 is 11.8 Å². The third-order valence-corrected chi connectivity index (χ3v) is 5.59. The van der Waals surface area contributed by atoms with E-state index in [0.29, 0.717) is 45.5 Å². The van der Waals surface area contributed by atoms with Gasteiger partial charge in [-0.15, -0.1) is 0 Å². The van der Waals surface area contributed by atoms with Crippen LogP contribution in [0.25, 0.3) is 0 Å². The Balaban J connectivity index is 1.50. The molecule has 2 aromatic carbocycles. The summed E-state index contributed by atoms with van der Waals surface area (Å²) in [4.78, 5) is 28.2. The third-order valence-electron chi connectivity index (χ3n) is 5.59. The van der Waals surface area contributed by atoms with Crippen molar-refractivity contribution in [2.75, 3.05) is 32.8 Å². The quantitative estimate of drug-likeness (QED) is 0.490. The summed E-state index contributed by atoms with van der Waals surface area (Å²) in [6.45, 7) is 5.64. The molecular formula is C24H27F3N2O3. The van der Waals surface area contributed by atoms with Gasteiger partial charge >= 0.3 is 0 Å². The van der Waals surface area contributed by atoms with Crippen LogP contribution in [0.2, 0.25) is 0 Å². The van der Waals surface area contributed by atoms with Crippen molar-refractivity contribution < 1.29 is 27.5 Å². The number of carbonyl (C=O) groups excluding carboxylic acids is 2. The average Bonchev–Trinajstić information content (AvgIpc) is 3.02. The highest BCUT2D eigenvalue weighted by atomic mass is 19.2. The minimum absolute atomic E-state index is 0.0385. The lowest BCUT2D eigenvalue weighted by Crippen LogP contribution is -2.37. The van der Waals surface area contributed by atoms with Crippen molar-refractivity contribution in [2.45, 2.75) is 33.1 Å². The number of nitrogens with zero attached hydrogens (tertiary/aromatic N) is 2. The molecule has 8 heteroatoms. The molecule has 32 heavy (non-hydrogen) atoms. The molecule has 1 aliphatic heterocycles. The van der Waals surface area contributed by atoms with Crippen molar-refractivity contribution in [3.05, 3.63) is 64.5 Å². The fourth-order valence-electron chi connectivity index (χ4n) is 3.81. The molecular weight excluding hydrogens is 421 g/mol. The lowest BCUT2D eigenvalue weighted by Gasteiger charge is -2.22. The van der Waals surface area contributed by atoms with Gasteiger partial charge in [0.1, 0.15) is 5.75 Å². The lowest BCUT2D eigenvalue weighted by atomic mass is 10.1. The van der Waals surface area contributed by atoms with Gasteiger partial charge in [0.25, 0.3) is 5.91 Å². The molecule has 2 aromatic rings. The summed E-state index contributed by atoms with van der Waals surface area (Å²) in [5, 5.41) is 0. The Kier molecular flexibility index (Phi) is 7.77. The van der Waals surface area contributed by atoms with Crippen LogP contribution >= 0.6 is 0 Å². The smallest absolute Gasteiger partial charge is 0.257 e. The molecule has 5 nitrogen and oxygen atoms in total. The van der Waals surface area contributed by atoms with E-state index >= 15 is 0 Å². The van der Waals surface area contributed by atoms with Crippen LogP contribution in [0.15, 0.2) is 30.3 Å². The predicted octanol–water partition coefficient (Wildman–Crippen LogP) is 4.25. The minimum Gasteiger partial charge on any atom is -0.493 e. The lowest BCUT2D eigenvalue weighted by molar-refractivity contribution is -0.131. The average molecular weight is 448 g/mol. The SMILES string of the molecule is Cc1cccc(C)c1OCCCC(=O)N1CCCN(C(=O)c2ccc(F)c(F)c2F)CC1. The molecule has 1 fully saturated rings. The van der Waals surface area contributed by atoms with Crippen molar-refractivity contribution in [3.8, 4) is 5.75 Å². The molecule has 0 radical (unpaired) electrons. The largest absolute Gasteiger partial charge is 0.493 e. The fourth-order valence-corrected chi connectivity index (χ4v) is 3.81. The van der Waals surface area contributed by atoms with Gasteiger partial charge < -0.3 is 14.5 Å². The summed E-state index contributed by atoms with van der Waals surface area (Å²) >= 11 is 0. The molecule has 0 saturated carbocycles. The molecule has 3 rings (SSSR count). The first-order chi connectivity index (χ1) is 15.3. The summed E-state index contributed by atoms with van der Waals surface area (Å²) in [5.41, 5.74) is 1.59. The minimum atomic E-state index is -1.66. The molecule has 0 aliphatic carbocycles. The van der Waals surface area contributed by atoms with Crippen LogP contribution in [-0.4, -0.2) is 54.4 Å². The zero-order valence-electron chi connectivity index (χ0n) is 18.3. The molecule has 0 aromatic heterocycles. The number of carbonyl (C=O) groups is 2. The van der Waals surface area contributed by atoms with Gasteiger partial charge in [0.15, 0.2) is 17.5 Å². The van der Waals surface area contributed by atoms with Gasteiger partial charge in [0.05, 0.1) is 12.2 Å². The highest BCUT2D eigenvalue weighted by Crippen LogP contribution is 2.22. The first-order valence-corrected chi connectivity index (χ1v) is 10.7. The highest BCUT2D eigenvalue weighted by Gasteiger charge is 2.26. The van der Waals surface area contributed by atoms with E-state index in [-0.39, 0.29) is 12.5 Å². The van der Waals surface area contributed by atoms with E-state index < -0.39 is 28.9 Å². The van der Waals surface area contributed by atoms with Crippen LogP contribution in [0.5, 0.6) is 5.75 Å². The molecule has 1 saturated heterocycles. The standard InChI is InChI=1S/C24H27F3N2O3/c1-16-6-3-7-17(2)23(16)32-15-4-8-20(30)28-11-5-12-29(14-13-28)24(31)18-9-10-19(25)22(27)21(18)26/h3,6-7,9-10H,4-5,8,11-15H2,1-2H3. The number of para-hydroxylation sites is 1. The normalized spacial score (nSPS) is 14.3. The third kappa shape index (κ3) is 5.41. The van der Waals surface area contributed by atoms with Crippen LogP contribution in [0.1, 0.15) is 40.7 Å². The van der Waals surface area contributed by atoms with Gasteiger partial charge in [0, 0.05) is 32.6 Å². The topological polar surface area (TPSA) is 49.9 Å². The van der Waals surface area contributed by atoms with Gasteiger partial charge in [-0.3, -0.25) is 9.59 Å². The number of aryl methyl sites for hydroxylation is 2. The van der Waals surface area contributed by atoms with E-state index in [9.17, 15) is 22.8 Å². The second-order valence-electron chi connectivity index (χ2n) is 7.92. The molecule has 0 atom stereocenters. The van der Waals surface area contributed by atoms with E-state index in [1.54, 1.807) is 4.90 Å². The Morgan fingerprint density at radius 1 is 0.906 bits per heavy atom. The molecule has 172 valence electrons. The summed E-state index contributed by atoms with van der Waals surface area (Å²) in [6.07, 6.45) is 1.39. The Morgan fingerprint density at radius 2 is 1.56 bits per heavy atom. The summed E-state index contributed by atoms with van der Waals surface area (Å²) < 4.78 is 46.4. The van der Waals surface area contributed by atoms with Crippen LogP contribution in [0.3, 0.4) is 0 Å². The Hall–Kier alpha value is -3.03. The van der Waals surface area contributed by atoms with E-state index in [1.807, 2.05) is 32.0 Å². The highest BCUT2D eigenvalue weighted by molar-refractivity contribution is 5.94. The Morgan fingerprint density at radius 3 is 2.28 bits per heavy atom. The van der Waals surface area contributed by atoms with Crippen LogP contribution in [0.4, 0.5) is 13.2 Å². The maximum Gasteiger partial charge on any atom is 0.257 e. The molecule has 2 amide bonds. The van der Waals surface area contributed by atoms with Gasteiger partial charge in [-0.05, 0) is 49.9 Å². The number of hydrogen-bond acceptors (Lipinski definition) is 3. The first kappa shape index (κ1) is 23.6. The molecule has 1 heterocycles. The number of ether oxygens (including phenoxy) is 1. The zero-order chi connectivity index (χ0) is 23.3. The van der Waals surface area contributed by atoms with E-state index in [1.165, 1.54) is 4.90 Å². The number of rotatable bonds is 6. The maximum atomic E-state index is 14.0. The van der Waals surface area contributed by atoms with Gasteiger partial charge in [-0.1, -0.05) is 18.2 Å². The van der Waals surface area contributed by atoms with Crippen LogP contribution in [0, 0.1) is 31.3 Å². The second kappa shape index (κ2) is 10.5. The van der Waals surface area contributed by atoms with E-state index in [0.717, 1.165) is 29.0 Å². The van der Waals surface area contributed by atoms with Gasteiger partial charge in [0.2, 0.25) is 5.91 Å². The van der Waals surface area contributed by atoms with Crippen LogP contribution < -0.4 is 4.74 Å². The molecule has 0 unspecified atom stereocenters. The second-order valence-corrected chi connectivity index (χ2v) is 7.92. The van der Waals surface area contributed by atoms with Crippen LogP contribution in [-0.2, 0) is 4.79 Å². The summed E-state index contributed by atoms with van der Waals surface area (Å²) in [5.74, 6) is -4.40. The van der Waals surface area contributed by atoms with E-state index in [4.69, 9.17) is 4.74 Å². The molecule has 0 N–H and O–H groups in total. The Bertz CT molecular complexity index is 976. The van der Waals surface area contributed by atoms with Crippen molar-refractivity contribution in [2.24, 2.45) is 0 Å². The fraction of sp³-hybridized carbons (Fsp3) is 0.417. The molecule has 1 aliphatic rings. The predicted molar refractivity (Wildman–Crippen MR) is 114 cm³/mol. The van der Waals surface area contributed by atoms with Gasteiger partial charge in [-0.2, -0.15) is 0 Å².